The molecule has 0 saturated carbocycles. The highest BCUT2D eigenvalue weighted by atomic mass is 35.5. The van der Waals surface area contributed by atoms with Crippen LogP contribution in [-0.2, 0) is 9.53 Å². The van der Waals surface area contributed by atoms with E-state index in [1.165, 1.54) is 31.2 Å². The molecule has 24 heavy (non-hydrogen) atoms. The van der Waals surface area contributed by atoms with Gasteiger partial charge in [-0.05, 0) is 36.6 Å². The van der Waals surface area contributed by atoms with E-state index in [-0.39, 0.29) is 26.9 Å². The average molecular weight is 369 g/mol. The van der Waals surface area contributed by atoms with Gasteiger partial charge in [-0.3, -0.25) is 9.59 Å². The molecular formula is C15H13ClN2O5S. The minimum absolute atomic E-state index is 0.118. The van der Waals surface area contributed by atoms with Crippen LogP contribution in [0.3, 0.4) is 0 Å². The number of halogens is 1. The maximum absolute atomic E-state index is 12.1. The number of ether oxygens (including phenoxy) is 1. The van der Waals surface area contributed by atoms with E-state index in [0.717, 1.165) is 11.3 Å². The van der Waals surface area contributed by atoms with Gasteiger partial charge in [-0.1, -0.05) is 11.6 Å². The molecule has 0 unspecified atom stereocenters. The summed E-state index contributed by atoms with van der Waals surface area (Å²) in [6, 6.07) is 5.36. The summed E-state index contributed by atoms with van der Waals surface area (Å²) >= 11 is 6.80. The highest BCUT2D eigenvalue weighted by molar-refractivity contribution is 7.14. The number of carbonyl (C=O) groups excluding carboxylic acids is 3. The number of benzene rings is 1. The topological polar surface area (TPSA) is 119 Å². The van der Waals surface area contributed by atoms with Crippen molar-refractivity contribution in [1.82, 2.24) is 0 Å². The van der Waals surface area contributed by atoms with Crippen LogP contribution in [0.25, 0.3) is 0 Å². The Kier molecular flexibility index (Phi) is 5.42. The maximum Gasteiger partial charge on any atom is 0.342 e. The Hall–Kier alpha value is -2.58. The van der Waals surface area contributed by atoms with E-state index in [9.17, 15) is 19.5 Å². The molecule has 1 aromatic heterocycles. The quantitative estimate of drug-likeness (QED) is 0.700. The van der Waals surface area contributed by atoms with Gasteiger partial charge in [-0.2, -0.15) is 0 Å². The number of hydrogen-bond acceptors (Lipinski definition) is 6. The van der Waals surface area contributed by atoms with Gasteiger partial charge in [0.05, 0.1) is 5.56 Å². The molecule has 126 valence electrons. The molecule has 0 bridgehead atoms. The lowest BCUT2D eigenvalue weighted by Crippen LogP contribution is -2.30. The third kappa shape index (κ3) is 4.03. The number of aromatic hydroxyl groups is 1. The number of amides is 2. The largest absolute Gasteiger partial charge is 0.507 e. The second-order valence-electron chi connectivity index (χ2n) is 4.73. The van der Waals surface area contributed by atoms with Crippen molar-refractivity contribution < 1.29 is 24.2 Å². The molecule has 2 aromatic rings. The maximum atomic E-state index is 12.1. The average Bonchev–Trinajstić information content (AvgIpc) is 2.95. The van der Waals surface area contributed by atoms with E-state index in [4.69, 9.17) is 22.1 Å². The summed E-state index contributed by atoms with van der Waals surface area (Å²) in [5, 5.41) is 14.3. The number of nitrogens with one attached hydrogen (secondary N) is 1. The molecule has 1 atom stereocenters. The number of phenols is 1. The Morgan fingerprint density at radius 1 is 1.29 bits per heavy atom. The van der Waals surface area contributed by atoms with Crippen LogP contribution in [0.1, 0.15) is 27.6 Å². The van der Waals surface area contributed by atoms with Gasteiger partial charge in [-0.15, -0.1) is 11.3 Å². The minimum Gasteiger partial charge on any atom is -0.507 e. The normalized spacial score (nSPS) is 11.6. The number of hydrogen-bond donors (Lipinski definition) is 3. The van der Waals surface area contributed by atoms with Crippen molar-refractivity contribution in [2.75, 3.05) is 5.32 Å². The van der Waals surface area contributed by atoms with Crippen LogP contribution >= 0.6 is 22.9 Å². The summed E-state index contributed by atoms with van der Waals surface area (Å²) in [4.78, 5) is 35.3. The molecule has 0 fully saturated rings. The van der Waals surface area contributed by atoms with Crippen LogP contribution in [0.15, 0.2) is 29.6 Å². The van der Waals surface area contributed by atoms with Gasteiger partial charge in [-0.25, -0.2) is 4.79 Å². The first kappa shape index (κ1) is 17.8. The Morgan fingerprint density at radius 2 is 2.00 bits per heavy atom. The van der Waals surface area contributed by atoms with Crippen LogP contribution in [-0.4, -0.2) is 29.0 Å². The van der Waals surface area contributed by atoms with Gasteiger partial charge in [0, 0.05) is 5.02 Å². The van der Waals surface area contributed by atoms with Crippen molar-refractivity contribution in [1.29, 1.82) is 0 Å². The lowest BCUT2D eigenvalue weighted by molar-refractivity contribution is -0.123. The zero-order chi connectivity index (χ0) is 17.9. The van der Waals surface area contributed by atoms with Crippen molar-refractivity contribution >= 4 is 45.7 Å². The van der Waals surface area contributed by atoms with Gasteiger partial charge < -0.3 is 20.9 Å². The van der Waals surface area contributed by atoms with E-state index in [1.54, 1.807) is 5.38 Å². The van der Waals surface area contributed by atoms with Crippen molar-refractivity contribution in [2.45, 2.75) is 13.0 Å². The van der Waals surface area contributed by atoms with E-state index >= 15 is 0 Å². The van der Waals surface area contributed by atoms with Gasteiger partial charge >= 0.3 is 5.97 Å². The number of esters is 1. The van der Waals surface area contributed by atoms with Gasteiger partial charge in [0.15, 0.2) is 6.10 Å². The molecule has 2 amide bonds. The molecule has 0 aliphatic rings. The predicted octanol–water partition coefficient (Wildman–Crippen LogP) is 2.39. The van der Waals surface area contributed by atoms with Crippen LogP contribution in [0.2, 0.25) is 5.02 Å². The smallest absolute Gasteiger partial charge is 0.342 e. The molecular weight excluding hydrogens is 356 g/mol. The van der Waals surface area contributed by atoms with Crippen LogP contribution in [0, 0.1) is 0 Å². The SMILES string of the molecule is C[C@H](OC(=O)c1ccc(Cl)cc1O)C(=O)Nc1sccc1C(N)=O. The predicted molar refractivity (Wildman–Crippen MR) is 89.5 cm³/mol. The number of rotatable bonds is 5. The number of primary amides is 1. The summed E-state index contributed by atoms with van der Waals surface area (Å²) in [6.07, 6.45) is -1.16. The van der Waals surface area contributed by atoms with Crippen LogP contribution in [0.5, 0.6) is 5.75 Å². The standard InChI is InChI=1S/C15H13ClN2O5S/c1-7(13(21)18-14-10(12(17)20)4-5-24-14)23-15(22)9-3-2-8(16)6-11(9)19/h2-7,19H,1H3,(H2,17,20)(H,18,21)/t7-/m0/s1. The molecule has 0 spiro atoms. The van der Waals surface area contributed by atoms with E-state index in [2.05, 4.69) is 5.32 Å². The fourth-order valence-electron chi connectivity index (χ4n) is 1.77. The summed E-state index contributed by atoms with van der Waals surface area (Å²) in [6.45, 7) is 1.36. The van der Waals surface area contributed by atoms with Crippen LogP contribution in [0.4, 0.5) is 5.00 Å². The lowest BCUT2D eigenvalue weighted by atomic mass is 10.2. The monoisotopic (exact) mass is 368 g/mol. The van der Waals surface area contributed by atoms with Gasteiger partial charge in [0.2, 0.25) is 0 Å². The van der Waals surface area contributed by atoms with E-state index in [0.29, 0.717) is 0 Å². The number of phenolic OH excluding ortho intramolecular Hbond substituents is 1. The number of nitrogens with two attached hydrogens (primary N) is 1. The molecule has 0 saturated heterocycles. The second-order valence-corrected chi connectivity index (χ2v) is 6.08. The first-order valence-electron chi connectivity index (χ1n) is 6.67. The molecule has 4 N–H and O–H groups in total. The molecule has 7 nitrogen and oxygen atoms in total. The number of thiophene rings is 1. The summed E-state index contributed by atoms with van der Waals surface area (Å²) < 4.78 is 5.00. The van der Waals surface area contributed by atoms with E-state index < -0.39 is 23.9 Å². The van der Waals surface area contributed by atoms with Crippen molar-refractivity contribution in [3.05, 3.63) is 45.8 Å². The van der Waals surface area contributed by atoms with Crippen molar-refractivity contribution in [2.24, 2.45) is 5.73 Å². The Bertz CT molecular complexity index is 805. The zero-order valence-electron chi connectivity index (χ0n) is 12.4. The van der Waals surface area contributed by atoms with Gasteiger partial charge in [0.1, 0.15) is 16.3 Å². The summed E-state index contributed by atoms with van der Waals surface area (Å²) in [5.41, 5.74) is 5.24. The molecule has 0 aliphatic heterocycles. The molecule has 1 heterocycles. The molecule has 1 aromatic carbocycles. The fraction of sp³-hybridized carbons (Fsp3) is 0.133. The van der Waals surface area contributed by atoms with Crippen molar-refractivity contribution in [3.8, 4) is 5.75 Å². The number of anilines is 1. The highest BCUT2D eigenvalue weighted by Crippen LogP contribution is 2.24. The Labute approximate surface area is 146 Å². The minimum atomic E-state index is -1.16. The Morgan fingerprint density at radius 3 is 2.62 bits per heavy atom. The Balaban J connectivity index is 2.04. The molecule has 0 radical (unpaired) electrons. The first-order valence-corrected chi connectivity index (χ1v) is 7.93. The zero-order valence-corrected chi connectivity index (χ0v) is 14.0. The van der Waals surface area contributed by atoms with E-state index in [1.807, 2.05) is 0 Å². The third-order valence-electron chi connectivity index (χ3n) is 3.00. The highest BCUT2D eigenvalue weighted by Gasteiger charge is 2.22. The molecule has 0 aliphatic carbocycles. The number of carbonyl (C=O) groups is 3. The fourth-order valence-corrected chi connectivity index (χ4v) is 2.73. The van der Waals surface area contributed by atoms with Crippen LogP contribution < -0.4 is 11.1 Å². The second kappa shape index (κ2) is 7.33. The summed E-state index contributed by atoms with van der Waals surface area (Å²) in [5.74, 6) is -2.55. The van der Waals surface area contributed by atoms with Gasteiger partial charge in [0.25, 0.3) is 11.8 Å². The lowest BCUT2D eigenvalue weighted by Gasteiger charge is -2.14. The summed E-state index contributed by atoms with van der Waals surface area (Å²) in [7, 11) is 0. The van der Waals surface area contributed by atoms with Crippen molar-refractivity contribution in [3.63, 3.8) is 0 Å². The molecule has 2 rings (SSSR count). The third-order valence-corrected chi connectivity index (χ3v) is 4.07. The first-order chi connectivity index (χ1) is 11.3. The molecule has 9 heteroatoms.